The van der Waals surface area contributed by atoms with Crippen LogP contribution in [0.2, 0.25) is 0 Å². The lowest BCUT2D eigenvalue weighted by molar-refractivity contribution is 0.0662. The average Bonchev–Trinajstić information content (AvgIpc) is 2.28. The van der Waals surface area contributed by atoms with Crippen LogP contribution in [0.5, 0.6) is 0 Å². The van der Waals surface area contributed by atoms with Gasteiger partial charge in [0.15, 0.2) is 5.84 Å². The quantitative estimate of drug-likeness (QED) is 0.269. The molecule has 96 valence electrons. The van der Waals surface area contributed by atoms with Gasteiger partial charge in [0, 0.05) is 26.8 Å². The summed E-state index contributed by atoms with van der Waals surface area (Å²) < 4.78 is 10.1. The predicted molar refractivity (Wildman–Crippen MR) is 62.8 cm³/mol. The van der Waals surface area contributed by atoms with Gasteiger partial charge in [-0.2, -0.15) is 0 Å². The Morgan fingerprint density at radius 1 is 1.38 bits per heavy atom. The van der Waals surface area contributed by atoms with Crippen LogP contribution in [0, 0.1) is 0 Å². The second kappa shape index (κ2) is 8.32. The minimum absolute atomic E-state index is 0.148. The van der Waals surface area contributed by atoms with Crippen molar-refractivity contribution in [1.82, 2.24) is 4.90 Å². The molecule has 2 unspecified atom stereocenters. The highest BCUT2D eigenvalue weighted by molar-refractivity contribution is 5.84. The summed E-state index contributed by atoms with van der Waals surface area (Å²) in [5, 5.41) is 11.7. The summed E-state index contributed by atoms with van der Waals surface area (Å²) in [5.74, 6) is 0.194. The number of methoxy groups -OCH3 is 2. The zero-order chi connectivity index (χ0) is 12.6. The molecule has 6 heteroatoms. The molecule has 0 bridgehead atoms. The molecule has 0 rings (SSSR count). The molecular weight excluding hydrogens is 210 g/mol. The molecule has 6 nitrogen and oxygen atoms in total. The Hall–Kier alpha value is -0.850. The van der Waals surface area contributed by atoms with Crippen molar-refractivity contribution in [3.8, 4) is 0 Å². The summed E-state index contributed by atoms with van der Waals surface area (Å²) in [6, 6.07) is 0.0285. The minimum atomic E-state index is -0.148. The van der Waals surface area contributed by atoms with Crippen molar-refractivity contribution in [3.05, 3.63) is 0 Å². The van der Waals surface area contributed by atoms with Gasteiger partial charge in [-0.3, -0.25) is 4.90 Å². The normalized spacial score (nSPS) is 16.4. The molecule has 0 aliphatic carbocycles. The molecule has 0 saturated carbocycles. The van der Waals surface area contributed by atoms with Crippen molar-refractivity contribution in [2.45, 2.75) is 25.9 Å². The van der Waals surface area contributed by atoms with Gasteiger partial charge in [0.2, 0.25) is 0 Å². The first kappa shape index (κ1) is 15.2. The topological polar surface area (TPSA) is 80.3 Å². The summed E-state index contributed by atoms with van der Waals surface area (Å²) in [5.41, 5.74) is 5.60. The number of amidine groups is 1. The summed E-state index contributed by atoms with van der Waals surface area (Å²) in [4.78, 5) is 2.07. The van der Waals surface area contributed by atoms with Gasteiger partial charge in [-0.15, -0.1) is 0 Å². The van der Waals surface area contributed by atoms with E-state index >= 15 is 0 Å². The maximum atomic E-state index is 8.66. The van der Waals surface area contributed by atoms with E-state index in [1.807, 2.05) is 13.8 Å². The van der Waals surface area contributed by atoms with Gasteiger partial charge in [0.25, 0.3) is 0 Å². The summed E-state index contributed by atoms with van der Waals surface area (Å²) in [6.45, 7) is 5.81. The Kier molecular flexibility index (Phi) is 7.88. The highest BCUT2D eigenvalue weighted by atomic mass is 16.5. The molecule has 0 aromatic carbocycles. The average molecular weight is 233 g/mol. The van der Waals surface area contributed by atoms with Crippen molar-refractivity contribution >= 4 is 5.84 Å². The highest BCUT2D eigenvalue weighted by Gasteiger charge is 2.22. The Morgan fingerprint density at radius 3 is 2.44 bits per heavy atom. The van der Waals surface area contributed by atoms with Crippen LogP contribution in [0.4, 0.5) is 0 Å². The molecule has 0 saturated heterocycles. The lowest BCUT2D eigenvalue weighted by Gasteiger charge is -2.33. The number of oxime groups is 1. The summed E-state index contributed by atoms with van der Waals surface area (Å²) in [7, 11) is 3.30. The Morgan fingerprint density at radius 2 is 2.00 bits per heavy atom. The first-order valence-electron chi connectivity index (χ1n) is 5.29. The molecule has 0 spiro atoms. The van der Waals surface area contributed by atoms with E-state index in [9.17, 15) is 0 Å². The zero-order valence-corrected chi connectivity index (χ0v) is 10.5. The monoisotopic (exact) mass is 233 g/mol. The zero-order valence-electron chi connectivity index (χ0n) is 10.5. The SMILES string of the molecule is COCCN(C(C)COC)C(C)C(N)=NO. The number of hydrogen-bond donors (Lipinski definition) is 2. The molecule has 0 amide bonds. The van der Waals surface area contributed by atoms with Crippen molar-refractivity contribution in [1.29, 1.82) is 0 Å². The number of ether oxygens (including phenoxy) is 2. The molecular formula is C10H23N3O3. The molecule has 3 N–H and O–H groups in total. The second-order valence-corrected chi connectivity index (χ2v) is 3.74. The Labute approximate surface area is 97.0 Å². The standard InChI is InChI=1S/C10H23N3O3/c1-8(7-16-4)13(5-6-15-3)9(2)10(11)12-14/h8-9,14H,5-7H2,1-4H3,(H2,11,12). The molecule has 0 radical (unpaired) electrons. The lowest BCUT2D eigenvalue weighted by atomic mass is 10.2. The van der Waals surface area contributed by atoms with Crippen molar-refractivity contribution in [2.75, 3.05) is 34.0 Å². The summed E-state index contributed by atoms with van der Waals surface area (Å²) in [6.07, 6.45) is 0. The highest BCUT2D eigenvalue weighted by Crippen LogP contribution is 2.06. The van der Waals surface area contributed by atoms with Gasteiger partial charge in [-0.05, 0) is 13.8 Å². The van der Waals surface area contributed by atoms with E-state index in [4.69, 9.17) is 20.4 Å². The Balaban J connectivity index is 4.51. The maximum absolute atomic E-state index is 8.66. The van der Waals surface area contributed by atoms with Crippen LogP contribution in [0.25, 0.3) is 0 Å². The van der Waals surface area contributed by atoms with Crippen molar-refractivity contribution in [3.63, 3.8) is 0 Å². The number of hydrogen-bond acceptors (Lipinski definition) is 5. The fourth-order valence-electron chi connectivity index (χ4n) is 1.58. The van der Waals surface area contributed by atoms with Crippen LogP contribution in [0.3, 0.4) is 0 Å². The molecule has 0 heterocycles. The molecule has 0 aromatic heterocycles. The van der Waals surface area contributed by atoms with Crippen molar-refractivity contribution in [2.24, 2.45) is 10.9 Å². The molecule has 0 aliphatic rings. The molecule has 0 aromatic rings. The molecule has 16 heavy (non-hydrogen) atoms. The fraction of sp³-hybridized carbons (Fsp3) is 0.900. The number of nitrogens with zero attached hydrogens (tertiary/aromatic N) is 2. The second-order valence-electron chi connectivity index (χ2n) is 3.74. The van der Waals surface area contributed by atoms with Gasteiger partial charge < -0.3 is 20.4 Å². The van der Waals surface area contributed by atoms with Crippen LogP contribution in [0.1, 0.15) is 13.8 Å². The first-order chi connectivity index (χ1) is 7.58. The summed E-state index contributed by atoms with van der Waals surface area (Å²) >= 11 is 0. The predicted octanol–water partition coefficient (Wildman–Crippen LogP) is 0.105. The van der Waals surface area contributed by atoms with Crippen LogP contribution in [0.15, 0.2) is 5.16 Å². The smallest absolute Gasteiger partial charge is 0.156 e. The van der Waals surface area contributed by atoms with Crippen LogP contribution in [-0.2, 0) is 9.47 Å². The molecule has 0 aliphatic heterocycles. The van der Waals surface area contributed by atoms with Gasteiger partial charge >= 0.3 is 0 Å². The van der Waals surface area contributed by atoms with Crippen LogP contribution < -0.4 is 5.73 Å². The van der Waals surface area contributed by atoms with E-state index in [1.165, 1.54) is 0 Å². The third-order valence-corrected chi connectivity index (χ3v) is 2.57. The van der Waals surface area contributed by atoms with Crippen LogP contribution in [-0.4, -0.2) is 62.0 Å². The minimum Gasteiger partial charge on any atom is -0.409 e. The number of rotatable bonds is 8. The maximum Gasteiger partial charge on any atom is 0.156 e. The largest absolute Gasteiger partial charge is 0.409 e. The van der Waals surface area contributed by atoms with Gasteiger partial charge in [0.05, 0.1) is 19.3 Å². The fourth-order valence-corrected chi connectivity index (χ4v) is 1.58. The molecule has 2 atom stereocenters. The first-order valence-corrected chi connectivity index (χ1v) is 5.29. The molecule has 0 fully saturated rings. The van der Waals surface area contributed by atoms with E-state index in [2.05, 4.69) is 10.1 Å². The van der Waals surface area contributed by atoms with E-state index in [-0.39, 0.29) is 17.9 Å². The van der Waals surface area contributed by atoms with Gasteiger partial charge in [-0.1, -0.05) is 5.16 Å². The third kappa shape index (κ3) is 4.78. The van der Waals surface area contributed by atoms with E-state index < -0.39 is 0 Å². The van der Waals surface area contributed by atoms with E-state index in [0.717, 1.165) is 0 Å². The Bertz CT molecular complexity index is 211. The van der Waals surface area contributed by atoms with Crippen molar-refractivity contribution < 1.29 is 14.7 Å². The van der Waals surface area contributed by atoms with Gasteiger partial charge in [0.1, 0.15) is 0 Å². The third-order valence-electron chi connectivity index (χ3n) is 2.57. The number of nitrogens with two attached hydrogens (primary N) is 1. The van der Waals surface area contributed by atoms with Crippen LogP contribution >= 0.6 is 0 Å². The van der Waals surface area contributed by atoms with E-state index in [1.54, 1.807) is 14.2 Å². The van der Waals surface area contributed by atoms with Gasteiger partial charge in [-0.25, -0.2) is 0 Å². The lowest BCUT2D eigenvalue weighted by Crippen LogP contribution is -2.50. The van der Waals surface area contributed by atoms with E-state index in [0.29, 0.717) is 19.8 Å².